The van der Waals surface area contributed by atoms with Gasteiger partial charge in [0.1, 0.15) is 11.5 Å². The predicted molar refractivity (Wildman–Crippen MR) is 125 cm³/mol. The molecule has 3 aromatic rings. The van der Waals surface area contributed by atoms with Crippen LogP contribution in [-0.4, -0.2) is 28.1 Å². The van der Waals surface area contributed by atoms with Crippen molar-refractivity contribution in [3.8, 4) is 11.5 Å². The highest BCUT2D eigenvalue weighted by molar-refractivity contribution is 6.30. The Morgan fingerprint density at radius 3 is 2.74 bits per heavy atom. The summed E-state index contributed by atoms with van der Waals surface area (Å²) in [6.45, 7) is 7.11. The Morgan fingerprint density at radius 2 is 2.00 bits per heavy atom. The second-order valence-electron chi connectivity index (χ2n) is 8.50. The molecule has 0 radical (unpaired) electrons. The van der Waals surface area contributed by atoms with Crippen LogP contribution in [0.25, 0.3) is 0 Å². The van der Waals surface area contributed by atoms with Gasteiger partial charge in [-0.05, 0) is 71.8 Å². The van der Waals surface area contributed by atoms with Crippen molar-refractivity contribution in [1.29, 1.82) is 0 Å². The van der Waals surface area contributed by atoms with E-state index in [1.54, 1.807) is 6.20 Å². The zero-order valence-electron chi connectivity index (χ0n) is 18.1. The minimum atomic E-state index is 0.00754. The van der Waals surface area contributed by atoms with E-state index in [1.165, 1.54) is 11.1 Å². The minimum absolute atomic E-state index is 0.00754. The first-order valence-corrected chi connectivity index (χ1v) is 11.2. The lowest BCUT2D eigenvalue weighted by molar-refractivity contribution is 0.278. The molecule has 5 heteroatoms. The summed E-state index contributed by atoms with van der Waals surface area (Å²) >= 11 is 5.94. The number of para-hydroxylation sites is 1. The number of nitrogens with zero attached hydrogens (tertiary/aromatic N) is 2. The number of pyridine rings is 1. The van der Waals surface area contributed by atoms with E-state index in [-0.39, 0.29) is 6.61 Å². The summed E-state index contributed by atoms with van der Waals surface area (Å²) in [6, 6.07) is 18.1. The number of hydrogen-bond acceptors (Lipinski definition) is 4. The molecule has 2 heterocycles. The number of aromatic nitrogens is 1. The van der Waals surface area contributed by atoms with Crippen molar-refractivity contribution in [3.05, 3.63) is 88.2 Å². The standard InChI is InChI=1S/C26H29ClN2O2/c1-18(2)24-5-3-4-6-26(24)31-23-9-10-25(20(13-23)17-30)19-11-12-29(15-19)16-22-8-7-21(27)14-28-22/h3-10,13-14,18-19,30H,11-12,15-17H2,1-2H3. The highest BCUT2D eigenvalue weighted by Crippen LogP contribution is 2.35. The van der Waals surface area contributed by atoms with E-state index >= 15 is 0 Å². The molecule has 1 saturated heterocycles. The molecule has 1 atom stereocenters. The Morgan fingerprint density at radius 1 is 1.16 bits per heavy atom. The number of hydrogen-bond donors (Lipinski definition) is 1. The lowest BCUT2D eigenvalue weighted by atomic mass is 9.93. The van der Waals surface area contributed by atoms with Crippen LogP contribution in [0.1, 0.15) is 54.5 Å². The number of ether oxygens (including phenoxy) is 1. The topological polar surface area (TPSA) is 45.6 Å². The van der Waals surface area contributed by atoms with Gasteiger partial charge in [-0.2, -0.15) is 0 Å². The zero-order valence-corrected chi connectivity index (χ0v) is 18.8. The highest BCUT2D eigenvalue weighted by atomic mass is 35.5. The van der Waals surface area contributed by atoms with Crippen LogP contribution in [0.2, 0.25) is 5.02 Å². The Kier molecular flexibility index (Phi) is 6.91. The summed E-state index contributed by atoms with van der Waals surface area (Å²) in [6.07, 6.45) is 2.77. The third-order valence-electron chi connectivity index (χ3n) is 5.94. The van der Waals surface area contributed by atoms with Gasteiger partial charge >= 0.3 is 0 Å². The maximum Gasteiger partial charge on any atom is 0.130 e. The van der Waals surface area contributed by atoms with Crippen molar-refractivity contribution in [1.82, 2.24) is 9.88 Å². The zero-order chi connectivity index (χ0) is 21.8. The van der Waals surface area contributed by atoms with Crippen LogP contribution >= 0.6 is 11.6 Å². The number of rotatable bonds is 7. The number of halogens is 1. The molecule has 1 aliphatic heterocycles. The van der Waals surface area contributed by atoms with E-state index in [9.17, 15) is 5.11 Å². The number of benzene rings is 2. The normalized spacial score (nSPS) is 16.7. The maximum absolute atomic E-state index is 10.0. The fourth-order valence-corrected chi connectivity index (χ4v) is 4.43. The molecule has 4 nitrogen and oxygen atoms in total. The van der Waals surface area contributed by atoms with Crippen LogP contribution < -0.4 is 4.74 Å². The molecular formula is C26H29ClN2O2. The maximum atomic E-state index is 10.0. The van der Waals surface area contributed by atoms with Crippen LogP contribution in [-0.2, 0) is 13.2 Å². The van der Waals surface area contributed by atoms with Gasteiger partial charge in [0.05, 0.1) is 17.3 Å². The molecule has 1 N–H and O–H groups in total. The van der Waals surface area contributed by atoms with E-state index in [2.05, 4.69) is 35.9 Å². The Balaban J connectivity index is 1.47. The number of likely N-dealkylation sites (tertiary alicyclic amines) is 1. The summed E-state index contributed by atoms with van der Waals surface area (Å²) in [5, 5.41) is 10.7. The third kappa shape index (κ3) is 5.27. The first kappa shape index (κ1) is 21.8. The minimum Gasteiger partial charge on any atom is -0.457 e. The third-order valence-corrected chi connectivity index (χ3v) is 6.16. The van der Waals surface area contributed by atoms with Crippen LogP contribution in [0.15, 0.2) is 60.8 Å². The quantitative estimate of drug-likeness (QED) is 0.483. The first-order valence-electron chi connectivity index (χ1n) is 10.9. The van der Waals surface area contributed by atoms with E-state index in [0.29, 0.717) is 16.9 Å². The van der Waals surface area contributed by atoms with Crippen molar-refractivity contribution in [2.75, 3.05) is 13.1 Å². The molecule has 2 aromatic carbocycles. The van der Waals surface area contributed by atoms with Crippen LogP contribution in [0.5, 0.6) is 11.5 Å². The second kappa shape index (κ2) is 9.82. The molecule has 0 bridgehead atoms. The van der Waals surface area contributed by atoms with Crippen LogP contribution in [0.3, 0.4) is 0 Å². The molecule has 1 aliphatic rings. The van der Waals surface area contributed by atoms with E-state index in [4.69, 9.17) is 16.3 Å². The average Bonchev–Trinajstić information content (AvgIpc) is 3.23. The summed E-state index contributed by atoms with van der Waals surface area (Å²) < 4.78 is 6.20. The molecule has 0 aliphatic carbocycles. The Bertz CT molecular complexity index is 1020. The Labute approximate surface area is 189 Å². The monoisotopic (exact) mass is 436 g/mol. The van der Waals surface area contributed by atoms with Crippen LogP contribution in [0.4, 0.5) is 0 Å². The number of aliphatic hydroxyl groups excluding tert-OH is 1. The molecule has 0 saturated carbocycles. The van der Waals surface area contributed by atoms with Gasteiger partial charge in [0.25, 0.3) is 0 Å². The van der Waals surface area contributed by atoms with Crippen molar-refractivity contribution >= 4 is 11.6 Å². The van der Waals surface area contributed by atoms with Gasteiger partial charge in [-0.3, -0.25) is 9.88 Å². The molecule has 1 aromatic heterocycles. The van der Waals surface area contributed by atoms with Gasteiger partial charge in [0.15, 0.2) is 0 Å². The number of aliphatic hydroxyl groups is 1. The molecule has 1 unspecified atom stereocenters. The molecule has 162 valence electrons. The molecule has 4 rings (SSSR count). The molecule has 1 fully saturated rings. The summed E-state index contributed by atoms with van der Waals surface area (Å²) in [5.41, 5.74) is 4.36. The molecule has 0 spiro atoms. The van der Waals surface area contributed by atoms with Crippen molar-refractivity contribution < 1.29 is 9.84 Å². The fourth-order valence-electron chi connectivity index (χ4n) is 4.32. The van der Waals surface area contributed by atoms with Crippen molar-refractivity contribution in [2.24, 2.45) is 0 Å². The van der Waals surface area contributed by atoms with E-state index in [0.717, 1.165) is 48.8 Å². The predicted octanol–water partition coefficient (Wildman–Crippen LogP) is 6.13. The highest BCUT2D eigenvalue weighted by Gasteiger charge is 2.26. The van der Waals surface area contributed by atoms with E-state index < -0.39 is 0 Å². The summed E-state index contributed by atoms with van der Waals surface area (Å²) in [5.74, 6) is 2.41. The first-order chi connectivity index (χ1) is 15.0. The SMILES string of the molecule is CC(C)c1ccccc1Oc1ccc(C2CCN(Cc3ccc(Cl)cn3)C2)c(CO)c1. The van der Waals surface area contributed by atoms with Gasteiger partial charge in [-0.1, -0.05) is 49.7 Å². The van der Waals surface area contributed by atoms with Gasteiger partial charge in [0.2, 0.25) is 0 Å². The van der Waals surface area contributed by atoms with Gasteiger partial charge < -0.3 is 9.84 Å². The fraction of sp³-hybridized carbons (Fsp3) is 0.346. The van der Waals surface area contributed by atoms with Gasteiger partial charge in [-0.15, -0.1) is 0 Å². The van der Waals surface area contributed by atoms with Gasteiger partial charge in [-0.25, -0.2) is 0 Å². The average molecular weight is 437 g/mol. The summed E-state index contributed by atoms with van der Waals surface area (Å²) in [7, 11) is 0. The molecule has 31 heavy (non-hydrogen) atoms. The molecular weight excluding hydrogens is 408 g/mol. The smallest absolute Gasteiger partial charge is 0.130 e. The van der Waals surface area contributed by atoms with Crippen LogP contribution in [0, 0.1) is 0 Å². The Hall–Kier alpha value is -2.40. The second-order valence-corrected chi connectivity index (χ2v) is 8.94. The lowest BCUT2D eigenvalue weighted by Gasteiger charge is -2.19. The van der Waals surface area contributed by atoms with E-state index in [1.807, 2.05) is 42.5 Å². The molecule has 0 amide bonds. The lowest BCUT2D eigenvalue weighted by Crippen LogP contribution is -2.20. The summed E-state index contributed by atoms with van der Waals surface area (Å²) in [4.78, 5) is 6.82. The largest absolute Gasteiger partial charge is 0.457 e. The van der Waals surface area contributed by atoms with Gasteiger partial charge in [0, 0.05) is 19.3 Å². The van der Waals surface area contributed by atoms with Crippen molar-refractivity contribution in [2.45, 2.75) is 45.3 Å². The van der Waals surface area contributed by atoms with Crippen molar-refractivity contribution in [3.63, 3.8) is 0 Å².